The molecule has 1 saturated heterocycles. The topological polar surface area (TPSA) is 105 Å². The van der Waals surface area contributed by atoms with Gasteiger partial charge in [0.2, 0.25) is 10.0 Å². The van der Waals surface area contributed by atoms with Crippen molar-refractivity contribution in [1.82, 2.24) is 9.73 Å². The average Bonchev–Trinajstić information content (AvgIpc) is 3.35. The zero-order valence-corrected chi connectivity index (χ0v) is 18.6. The number of nitrogens with one attached hydrogen (secondary N) is 1. The van der Waals surface area contributed by atoms with Crippen molar-refractivity contribution in [3.8, 4) is 0 Å². The van der Waals surface area contributed by atoms with Gasteiger partial charge in [-0.15, -0.1) is 11.3 Å². The van der Waals surface area contributed by atoms with Crippen LogP contribution in [-0.2, 0) is 22.9 Å². The van der Waals surface area contributed by atoms with Crippen LogP contribution < -0.4 is 11.2 Å². The maximum atomic E-state index is 12.8. The number of thiophene rings is 1. The van der Waals surface area contributed by atoms with Crippen LogP contribution in [0.1, 0.15) is 58.3 Å². The Bertz CT molecular complexity index is 1080. The molecule has 2 heterocycles. The molecule has 2 aliphatic rings. The number of nitrogen functional groups attached to an aromatic ring is 1. The quantitative estimate of drug-likeness (QED) is 0.544. The third kappa shape index (κ3) is 4.01. The molecular formula is C21H26N4O3S2. The van der Waals surface area contributed by atoms with Crippen LogP contribution >= 0.6 is 11.3 Å². The molecule has 0 atom stereocenters. The molecule has 1 aromatic heterocycles. The number of hydrazone groups is 1. The van der Waals surface area contributed by atoms with E-state index in [9.17, 15) is 13.2 Å². The number of rotatable bonds is 5. The zero-order valence-electron chi connectivity index (χ0n) is 17.0. The van der Waals surface area contributed by atoms with E-state index < -0.39 is 10.0 Å². The van der Waals surface area contributed by atoms with Gasteiger partial charge >= 0.3 is 0 Å². The molecule has 1 aromatic carbocycles. The van der Waals surface area contributed by atoms with Crippen molar-refractivity contribution in [3.63, 3.8) is 0 Å². The monoisotopic (exact) mass is 446 g/mol. The molecular weight excluding hydrogens is 420 g/mol. The maximum absolute atomic E-state index is 12.8. The maximum Gasteiger partial charge on any atom is 0.283 e. The summed E-state index contributed by atoms with van der Waals surface area (Å²) in [6.45, 7) is 2.92. The zero-order chi connectivity index (χ0) is 21.3. The molecule has 0 spiro atoms. The van der Waals surface area contributed by atoms with Gasteiger partial charge in [-0.25, -0.2) is 13.8 Å². The van der Waals surface area contributed by atoms with E-state index in [1.165, 1.54) is 16.2 Å². The summed E-state index contributed by atoms with van der Waals surface area (Å²) in [7, 11) is -3.46. The molecule has 160 valence electrons. The van der Waals surface area contributed by atoms with Gasteiger partial charge in [0.15, 0.2) is 0 Å². The van der Waals surface area contributed by atoms with Gasteiger partial charge < -0.3 is 5.73 Å². The number of carbonyl (C=O) groups excluding carboxylic acids is 1. The number of benzene rings is 1. The predicted molar refractivity (Wildman–Crippen MR) is 119 cm³/mol. The summed E-state index contributed by atoms with van der Waals surface area (Å²) in [6, 6.07) is 6.63. The fourth-order valence-electron chi connectivity index (χ4n) is 3.97. The third-order valence-electron chi connectivity index (χ3n) is 5.72. The average molecular weight is 447 g/mol. The van der Waals surface area contributed by atoms with Crippen molar-refractivity contribution in [1.29, 1.82) is 0 Å². The summed E-state index contributed by atoms with van der Waals surface area (Å²) in [4.78, 5) is 14.5. The highest BCUT2D eigenvalue weighted by Gasteiger charge is 2.26. The number of nitrogens with zero attached hydrogens (tertiary/aromatic N) is 2. The minimum Gasteiger partial charge on any atom is -0.397 e. The Hall–Kier alpha value is -2.23. The van der Waals surface area contributed by atoms with Gasteiger partial charge in [0.25, 0.3) is 5.91 Å². The Kier molecular flexibility index (Phi) is 5.95. The molecule has 7 nitrogen and oxygen atoms in total. The van der Waals surface area contributed by atoms with Crippen LogP contribution in [0.4, 0.5) is 5.69 Å². The van der Waals surface area contributed by atoms with Crippen molar-refractivity contribution in [2.24, 2.45) is 5.10 Å². The number of anilines is 1. The molecule has 1 amide bonds. The van der Waals surface area contributed by atoms with E-state index >= 15 is 0 Å². The second-order valence-electron chi connectivity index (χ2n) is 7.73. The summed E-state index contributed by atoms with van der Waals surface area (Å²) < 4.78 is 27.1. The van der Waals surface area contributed by atoms with E-state index in [1.807, 2.05) is 0 Å². The van der Waals surface area contributed by atoms with Crippen molar-refractivity contribution >= 4 is 38.7 Å². The van der Waals surface area contributed by atoms with Crippen LogP contribution in [-0.4, -0.2) is 37.4 Å². The Labute approximate surface area is 181 Å². The Morgan fingerprint density at radius 2 is 1.80 bits per heavy atom. The SMILES string of the molecule is C/C(=N\NC(=O)c1sc2c(c1N)CCC2)c1ccc(S(=O)(=O)N2CCCCC2)cc1. The lowest BCUT2D eigenvalue weighted by Crippen LogP contribution is -2.35. The second kappa shape index (κ2) is 8.49. The summed E-state index contributed by atoms with van der Waals surface area (Å²) in [6.07, 6.45) is 5.88. The molecule has 4 rings (SSSR count). The van der Waals surface area contributed by atoms with Crippen LogP contribution in [0.5, 0.6) is 0 Å². The fraction of sp³-hybridized carbons (Fsp3) is 0.429. The number of carbonyl (C=O) groups is 1. The van der Waals surface area contributed by atoms with E-state index in [4.69, 9.17) is 5.73 Å². The van der Waals surface area contributed by atoms with Crippen LogP contribution in [0.2, 0.25) is 0 Å². The summed E-state index contributed by atoms with van der Waals surface area (Å²) >= 11 is 1.44. The minimum absolute atomic E-state index is 0.283. The number of amides is 1. The predicted octanol–water partition coefficient (Wildman–Crippen LogP) is 3.15. The van der Waals surface area contributed by atoms with E-state index in [2.05, 4.69) is 10.5 Å². The summed E-state index contributed by atoms with van der Waals surface area (Å²) in [5, 5.41) is 4.18. The second-order valence-corrected chi connectivity index (χ2v) is 10.8. The van der Waals surface area contributed by atoms with Gasteiger partial charge in [-0.2, -0.15) is 9.41 Å². The van der Waals surface area contributed by atoms with Crippen molar-refractivity contribution in [2.45, 2.75) is 50.3 Å². The summed E-state index contributed by atoms with van der Waals surface area (Å²) in [5.74, 6) is -0.310. The van der Waals surface area contributed by atoms with Gasteiger partial charge in [0, 0.05) is 18.0 Å². The number of fused-ring (bicyclic) bond motifs is 1. The van der Waals surface area contributed by atoms with Crippen molar-refractivity contribution in [2.75, 3.05) is 18.8 Å². The Morgan fingerprint density at radius 1 is 1.10 bits per heavy atom. The van der Waals surface area contributed by atoms with Gasteiger partial charge in [-0.05, 0) is 62.3 Å². The lowest BCUT2D eigenvalue weighted by molar-refractivity contribution is 0.0959. The van der Waals surface area contributed by atoms with Crippen LogP contribution in [0.3, 0.4) is 0 Å². The first kappa shape index (κ1) is 21.0. The van der Waals surface area contributed by atoms with Crippen LogP contribution in [0, 0.1) is 0 Å². The number of hydrogen-bond donors (Lipinski definition) is 2. The van der Waals surface area contributed by atoms with Crippen LogP contribution in [0.25, 0.3) is 0 Å². The molecule has 30 heavy (non-hydrogen) atoms. The molecule has 0 unspecified atom stereocenters. The number of nitrogens with two attached hydrogens (primary N) is 1. The van der Waals surface area contributed by atoms with Crippen LogP contribution in [0.15, 0.2) is 34.3 Å². The molecule has 9 heteroatoms. The first-order chi connectivity index (χ1) is 14.4. The van der Waals surface area contributed by atoms with E-state index in [0.717, 1.165) is 49.7 Å². The van der Waals surface area contributed by atoms with Crippen molar-refractivity contribution in [3.05, 3.63) is 45.1 Å². The van der Waals surface area contributed by atoms with Gasteiger partial charge in [0.05, 0.1) is 16.3 Å². The highest BCUT2D eigenvalue weighted by atomic mass is 32.2. The molecule has 1 fully saturated rings. The highest BCUT2D eigenvalue weighted by Crippen LogP contribution is 2.37. The molecule has 0 radical (unpaired) electrons. The molecule has 3 N–H and O–H groups in total. The normalized spacial score (nSPS) is 17.7. The number of sulfonamides is 1. The number of aryl methyl sites for hydroxylation is 1. The smallest absolute Gasteiger partial charge is 0.283 e. The molecule has 0 bridgehead atoms. The summed E-state index contributed by atoms with van der Waals surface area (Å²) in [5.41, 5.74) is 11.7. The Morgan fingerprint density at radius 3 is 2.47 bits per heavy atom. The first-order valence-corrected chi connectivity index (χ1v) is 12.5. The molecule has 1 aliphatic heterocycles. The lowest BCUT2D eigenvalue weighted by Gasteiger charge is -2.25. The number of hydrogen-bond acceptors (Lipinski definition) is 6. The standard InChI is InChI=1S/C21H26N4O3S2/c1-14(23-24-21(26)20-19(22)17-6-5-7-18(17)29-20)15-8-10-16(11-9-15)30(27,28)25-12-3-2-4-13-25/h8-11H,2-7,12-13,22H2,1H3,(H,24,26)/b23-14+. The van der Waals surface area contributed by atoms with Crippen molar-refractivity contribution < 1.29 is 13.2 Å². The number of piperidine rings is 1. The molecule has 0 saturated carbocycles. The highest BCUT2D eigenvalue weighted by molar-refractivity contribution is 7.89. The first-order valence-electron chi connectivity index (χ1n) is 10.2. The van der Waals surface area contributed by atoms with E-state index in [1.54, 1.807) is 35.5 Å². The molecule has 2 aromatic rings. The van der Waals surface area contributed by atoms with E-state index in [0.29, 0.717) is 29.4 Å². The van der Waals surface area contributed by atoms with E-state index in [-0.39, 0.29) is 10.8 Å². The third-order valence-corrected chi connectivity index (χ3v) is 8.94. The van der Waals surface area contributed by atoms with Gasteiger partial charge in [0.1, 0.15) is 4.88 Å². The minimum atomic E-state index is -3.46. The Balaban J connectivity index is 1.45. The van der Waals surface area contributed by atoms with Gasteiger partial charge in [-0.1, -0.05) is 18.6 Å². The van der Waals surface area contributed by atoms with Gasteiger partial charge in [-0.3, -0.25) is 4.79 Å². The fourth-order valence-corrected chi connectivity index (χ4v) is 6.69. The largest absolute Gasteiger partial charge is 0.397 e. The molecule has 1 aliphatic carbocycles. The lowest BCUT2D eigenvalue weighted by atomic mass is 10.1.